The normalized spacial score (nSPS) is 14.0. The number of halogens is 1. The summed E-state index contributed by atoms with van der Waals surface area (Å²) in [5.41, 5.74) is 0.792. The summed E-state index contributed by atoms with van der Waals surface area (Å²) in [6, 6.07) is 5.62. The molecule has 0 aliphatic carbocycles. The van der Waals surface area contributed by atoms with Gasteiger partial charge in [-0.25, -0.2) is 8.42 Å². The van der Waals surface area contributed by atoms with Crippen molar-refractivity contribution in [2.75, 3.05) is 56.3 Å². The lowest BCUT2D eigenvalue weighted by atomic mass is 10.2. The van der Waals surface area contributed by atoms with Gasteiger partial charge in [0.15, 0.2) is 27.3 Å². The largest absolute Gasteiger partial charge is 0.490 e. The Morgan fingerprint density at radius 1 is 1.23 bits per heavy atom. The van der Waals surface area contributed by atoms with Gasteiger partial charge in [-0.05, 0) is 24.5 Å². The molecule has 1 aromatic carbocycles. The van der Waals surface area contributed by atoms with Crippen LogP contribution in [0.4, 0.5) is 5.69 Å². The van der Waals surface area contributed by atoms with Gasteiger partial charge in [0.05, 0.1) is 19.0 Å². The molecule has 0 spiro atoms. The Hall–Kier alpha value is -1.27. The van der Waals surface area contributed by atoms with Gasteiger partial charge in [0, 0.05) is 50.2 Å². The Labute approximate surface area is 203 Å². The minimum Gasteiger partial charge on any atom is -0.490 e. The zero-order chi connectivity index (χ0) is 21.8. The van der Waals surface area contributed by atoms with Crippen molar-refractivity contribution in [3.63, 3.8) is 0 Å². The molecule has 0 unspecified atom stereocenters. The SMILES string of the molecule is CCS(=O)(=O)CCNC(=NCCCOCC(C)C)Nc1ccc2c(c1)OCCCO2.I. The molecule has 8 nitrogen and oxygen atoms in total. The molecule has 2 N–H and O–H groups in total. The van der Waals surface area contributed by atoms with Crippen LogP contribution in [-0.4, -0.2) is 65.4 Å². The van der Waals surface area contributed by atoms with Gasteiger partial charge >= 0.3 is 0 Å². The van der Waals surface area contributed by atoms with Crippen LogP contribution in [0.1, 0.15) is 33.6 Å². The van der Waals surface area contributed by atoms with Crippen LogP contribution in [0, 0.1) is 5.92 Å². The van der Waals surface area contributed by atoms with E-state index in [1.54, 1.807) is 6.92 Å². The zero-order valence-corrected chi connectivity index (χ0v) is 21.8. The average Bonchev–Trinajstić information content (AvgIpc) is 2.95. The Morgan fingerprint density at radius 3 is 2.68 bits per heavy atom. The van der Waals surface area contributed by atoms with Crippen LogP contribution in [0.3, 0.4) is 0 Å². The van der Waals surface area contributed by atoms with Crippen molar-refractivity contribution in [1.29, 1.82) is 0 Å². The fraction of sp³-hybridized carbons (Fsp3) is 0.667. The highest BCUT2D eigenvalue weighted by molar-refractivity contribution is 14.0. The summed E-state index contributed by atoms with van der Waals surface area (Å²) in [6.07, 6.45) is 1.63. The first kappa shape index (κ1) is 27.8. The molecule has 2 rings (SSSR count). The van der Waals surface area contributed by atoms with Crippen LogP contribution in [0.5, 0.6) is 11.5 Å². The van der Waals surface area contributed by atoms with Crippen LogP contribution in [-0.2, 0) is 14.6 Å². The number of guanidine groups is 1. The number of nitrogens with one attached hydrogen (secondary N) is 2. The van der Waals surface area contributed by atoms with Crippen LogP contribution < -0.4 is 20.1 Å². The zero-order valence-electron chi connectivity index (χ0n) is 18.7. The lowest BCUT2D eigenvalue weighted by molar-refractivity contribution is 0.109. The molecular weight excluding hydrogens is 533 g/mol. The van der Waals surface area contributed by atoms with Gasteiger partial charge in [-0.2, -0.15) is 0 Å². The monoisotopic (exact) mass is 569 g/mol. The van der Waals surface area contributed by atoms with Crippen molar-refractivity contribution < 1.29 is 22.6 Å². The molecule has 0 fully saturated rings. The number of sulfone groups is 1. The number of rotatable bonds is 11. The Kier molecular flexibility index (Phi) is 13.2. The number of benzene rings is 1. The second kappa shape index (κ2) is 14.7. The second-order valence-electron chi connectivity index (χ2n) is 7.55. The molecular formula is C21H36IN3O5S. The summed E-state index contributed by atoms with van der Waals surface area (Å²) in [6.45, 7) is 9.36. The maximum atomic E-state index is 11.8. The smallest absolute Gasteiger partial charge is 0.195 e. The summed E-state index contributed by atoms with van der Waals surface area (Å²) in [5.74, 6) is 2.63. The van der Waals surface area contributed by atoms with E-state index in [9.17, 15) is 8.42 Å². The molecule has 1 aliphatic heterocycles. The number of hydrogen-bond donors (Lipinski definition) is 2. The molecule has 0 bridgehead atoms. The summed E-state index contributed by atoms with van der Waals surface area (Å²) >= 11 is 0. The van der Waals surface area contributed by atoms with Gasteiger partial charge < -0.3 is 24.8 Å². The predicted molar refractivity (Wildman–Crippen MR) is 136 cm³/mol. The molecule has 178 valence electrons. The van der Waals surface area contributed by atoms with E-state index in [1.165, 1.54) is 0 Å². The number of aliphatic imine (C=N–C) groups is 1. The molecule has 1 aliphatic rings. The fourth-order valence-corrected chi connectivity index (χ4v) is 3.36. The number of ether oxygens (including phenoxy) is 3. The molecule has 0 amide bonds. The third kappa shape index (κ3) is 11.2. The second-order valence-corrected chi connectivity index (χ2v) is 10.0. The maximum absolute atomic E-state index is 11.8. The van der Waals surface area contributed by atoms with Crippen molar-refractivity contribution in [3.8, 4) is 11.5 Å². The van der Waals surface area contributed by atoms with Gasteiger partial charge in [0.2, 0.25) is 0 Å². The molecule has 0 atom stereocenters. The molecule has 1 heterocycles. The van der Waals surface area contributed by atoms with Crippen LogP contribution in [0.2, 0.25) is 0 Å². The number of nitrogens with zero attached hydrogens (tertiary/aromatic N) is 1. The van der Waals surface area contributed by atoms with Crippen molar-refractivity contribution in [3.05, 3.63) is 18.2 Å². The Balaban J connectivity index is 0.00000480. The first-order chi connectivity index (χ1) is 14.4. The van der Waals surface area contributed by atoms with E-state index >= 15 is 0 Å². The van der Waals surface area contributed by atoms with Crippen molar-refractivity contribution in [2.24, 2.45) is 10.9 Å². The minimum absolute atomic E-state index is 0. The standard InChI is InChI=1S/C21H35N3O5S.HI/c1-4-30(25,26)14-10-23-21(22-9-5-11-27-16-17(2)3)24-18-7-8-19-20(15-18)29-13-6-12-28-19;/h7-8,15,17H,4-6,9-14,16H2,1-3H3,(H2,22,23,24);1H. The number of hydrogen-bond acceptors (Lipinski definition) is 6. The van der Waals surface area contributed by atoms with Crippen molar-refractivity contribution in [2.45, 2.75) is 33.6 Å². The van der Waals surface area contributed by atoms with E-state index in [4.69, 9.17) is 14.2 Å². The average molecular weight is 570 g/mol. The number of fused-ring (bicyclic) bond motifs is 1. The molecule has 0 radical (unpaired) electrons. The quantitative estimate of drug-likeness (QED) is 0.183. The van der Waals surface area contributed by atoms with Crippen LogP contribution >= 0.6 is 24.0 Å². The fourth-order valence-electron chi connectivity index (χ4n) is 2.66. The topological polar surface area (TPSA) is 98.3 Å². The van der Waals surface area contributed by atoms with E-state index in [-0.39, 0.29) is 42.0 Å². The van der Waals surface area contributed by atoms with Gasteiger partial charge in [0.25, 0.3) is 0 Å². The van der Waals surface area contributed by atoms with E-state index in [0.717, 1.165) is 30.9 Å². The van der Waals surface area contributed by atoms with Gasteiger partial charge in [-0.3, -0.25) is 4.99 Å². The van der Waals surface area contributed by atoms with Crippen LogP contribution in [0.25, 0.3) is 0 Å². The van der Waals surface area contributed by atoms with Gasteiger partial charge in [-0.1, -0.05) is 20.8 Å². The van der Waals surface area contributed by atoms with E-state index in [1.807, 2.05) is 18.2 Å². The van der Waals surface area contributed by atoms with E-state index in [0.29, 0.717) is 44.0 Å². The summed E-state index contributed by atoms with van der Waals surface area (Å²) < 4.78 is 40.5. The van der Waals surface area contributed by atoms with Gasteiger partial charge in [0.1, 0.15) is 0 Å². The highest BCUT2D eigenvalue weighted by Crippen LogP contribution is 2.32. The Bertz CT molecular complexity index is 787. The first-order valence-electron chi connectivity index (χ1n) is 10.6. The van der Waals surface area contributed by atoms with Crippen LogP contribution in [0.15, 0.2) is 23.2 Å². The lowest BCUT2D eigenvalue weighted by Gasteiger charge is -2.15. The molecule has 1 aromatic rings. The lowest BCUT2D eigenvalue weighted by Crippen LogP contribution is -2.35. The summed E-state index contributed by atoms with van der Waals surface area (Å²) in [5, 5.41) is 6.34. The molecule has 0 saturated carbocycles. The third-order valence-electron chi connectivity index (χ3n) is 4.32. The predicted octanol–water partition coefficient (Wildman–Crippen LogP) is 3.32. The van der Waals surface area contributed by atoms with Gasteiger partial charge in [-0.15, -0.1) is 24.0 Å². The Morgan fingerprint density at radius 2 is 1.97 bits per heavy atom. The minimum atomic E-state index is -3.05. The summed E-state index contributed by atoms with van der Waals surface area (Å²) in [7, 11) is -3.05. The maximum Gasteiger partial charge on any atom is 0.195 e. The number of anilines is 1. The first-order valence-corrected chi connectivity index (χ1v) is 12.4. The van der Waals surface area contributed by atoms with Crippen molar-refractivity contribution in [1.82, 2.24) is 5.32 Å². The molecule has 0 saturated heterocycles. The third-order valence-corrected chi connectivity index (χ3v) is 6.03. The van der Waals surface area contributed by atoms with E-state index < -0.39 is 9.84 Å². The molecule has 0 aromatic heterocycles. The van der Waals surface area contributed by atoms with Crippen molar-refractivity contribution >= 4 is 45.5 Å². The van der Waals surface area contributed by atoms with E-state index in [2.05, 4.69) is 29.5 Å². The highest BCUT2D eigenvalue weighted by Gasteiger charge is 2.12. The molecule has 10 heteroatoms. The highest BCUT2D eigenvalue weighted by atomic mass is 127. The summed E-state index contributed by atoms with van der Waals surface area (Å²) in [4.78, 5) is 4.56. The molecule has 31 heavy (non-hydrogen) atoms.